The molecule has 15 heavy (non-hydrogen) atoms. The van der Waals surface area contributed by atoms with Crippen LogP contribution in [0.15, 0.2) is 43.2 Å². The summed E-state index contributed by atoms with van der Waals surface area (Å²) >= 11 is 0. The third kappa shape index (κ3) is 2.05. The second kappa shape index (κ2) is 4.43. The van der Waals surface area contributed by atoms with Gasteiger partial charge in [-0.1, -0.05) is 36.9 Å². The number of carbonyl (C=O) groups is 1. The molecule has 0 spiro atoms. The Kier molecular flexibility index (Phi) is 3.25. The number of carbonyl (C=O) groups excluding carboxylic acids is 1. The molecule has 1 atom stereocenters. The van der Waals surface area contributed by atoms with Crippen LogP contribution in [0, 0.1) is 11.3 Å². The average Bonchev–Trinajstić information content (AvgIpc) is 2.29. The molecule has 3 heteroatoms. The average molecular weight is 201 g/mol. The summed E-state index contributed by atoms with van der Waals surface area (Å²) in [5, 5.41) is 9.05. The Bertz CT molecular complexity index is 405. The topological polar surface area (TPSA) is 50.1 Å². The molecule has 1 aromatic rings. The highest BCUT2D eigenvalue weighted by Crippen LogP contribution is 2.24. The molecular formula is C12H11NO2. The van der Waals surface area contributed by atoms with Crippen molar-refractivity contribution in [3.63, 3.8) is 0 Å². The summed E-state index contributed by atoms with van der Waals surface area (Å²) in [7, 11) is 0. The Hall–Kier alpha value is -2.08. The number of hydrogen-bond donors (Lipinski definition) is 0. The first-order valence-corrected chi connectivity index (χ1v) is 4.44. The van der Waals surface area contributed by atoms with Gasteiger partial charge in [-0.2, -0.15) is 5.26 Å². The molecule has 76 valence electrons. The van der Waals surface area contributed by atoms with Gasteiger partial charge in [-0.15, -0.1) is 0 Å². The maximum absolute atomic E-state index is 11.6. The van der Waals surface area contributed by atoms with Crippen LogP contribution in [-0.2, 0) is 14.9 Å². The van der Waals surface area contributed by atoms with Gasteiger partial charge in [0.15, 0.2) is 5.41 Å². The van der Waals surface area contributed by atoms with Gasteiger partial charge in [-0.25, -0.2) is 4.79 Å². The fourth-order valence-electron chi connectivity index (χ4n) is 1.19. The predicted octanol–water partition coefficient (Wildman–Crippen LogP) is 2.15. The molecule has 0 amide bonds. The van der Waals surface area contributed by atoms with Crippen LogP contribution in [0.2, 0.25) is 0 Å². The first kappa shape index (κ1) is 11.0. The van der Waals surface area contributed by atoms with Crippen molar-refractivity contribution in [3.8, 4) is 6.07 Å². The summed E-state index contributed by atoms with van der Waals surface area (Å²) in [6, 6.07) is 10.7. The van der Waals surface area contributed by atoms with E-state index < -0.39 is 11.4 Å². The lowest BCUT2D eigenvalue weighted by Gasteiger charge is -2.18. The monoisotopic (exact) mass is 201 g/mol. The minimum Gasteiger partial charge on any atom is -0.434 e. The highest BCUT2D eigenvalue weighted by atomic mass is 16.5. The fourth-order valence-corrected chi connectivity index (χ4v) is 1.19. The molecule has 1 rings (SSSR count). The Morgan fingerprint density at radius 3 is 2.60 bits per heavy atom. The van der Waals surface area contributed by atoms with Gasteiger partial charge in [0.05, 0.1) is 12.3 Å². The summed E-state index contributed by atoms with van der Waals surface area (Å²) < 4.78 is 4.65. The van der Waals surface area contributed by atoms with E-state index in [0.717, 1.165) is 6.26 Å². The molecule has 0 bridgehead atoms. The Balaban J connectivity index is 3.12. The van der Waals surface area contributed by atoms with Crippen molar-refractivity contribution in [3.05, 3.63) is 48.7 Å². The Morgan fingerprint density at radius 2 is 2.13 bits per heavy atom. The predicted molar refractivity (Wildman–Crippen MR) is 55.7 cm³/mol. The molecule has 0 aromatic heterocycles. The number of ether oxygens (including phenoxy) is 1. The third-order valence-corrected chi connectivity index (χ3v) is 2.17. The maximum atomic E-state index is 11.6. The summed E-state index contributed by atoms with van der Waals surface area (Å²) in [5.41, 5.74) is -0.672. The summed E-state index contributed by atoms with van der Waals surface area (Å²) in [6.07, 6.45) is 1.03. The van der Waals surface area contributed by atoms with Crippen LogP contribution in [0.25, 0.3) is 0 Å². The van der Waals surface area contributed by atoms with Gasteiger partial charge in [0.2, 0.25) is 0 Å². The quantitative estimate of drug-likeness (QED) is 0.556. The number of nitriles is 1. The number of hydrogen-bond acceptors (Lipinski definition) is 3. The van der Waals surface area contributed by atoms with Gasteiger partial charge in [0, 0.05) is 0 Å². The van der Waals surface area contributed by atoms with E-state index in [2.05, 4.69) is 11.3 Å². The van der Waals surface area contributed by atoms with Crippen LogP contribution in [0.1, 0.15) is 12.5 Å². The van der Waals surface area contributed by atoms with Crippen LogP contribution < -0.4 is 0 Å². The first-order valence-electron chi connectivity index (χ1n) is 4.44. The van der Waals surface area contributed by atoms with Crippen molar-refractivity contribution in [1.82, 2.24) is 0 Å². The largest absolute Gasteiger partial charge is 0.434 e. The number of benzene rings is 1. The van der Waals surface area contributed by atoms with Gasteiger partial charge in [-0.3, -0.25) is 0 Å². The lowest BCUT2D eigenvalue weighted by atomic mass is 9.84. The Morgan fingerprint density at radius 1 is 1.53 bits per heavy atom. The number of rotatable bonds is 3. The van der Waals surface area contributed by atoms with E-state index in [1.807, 2.05) is 12.1 Å². The number of nitrogens with zero attached hydrogens (tertiary/aromatic N) is 1. The lowest BCUT2D eigenvalue weighted by molar-refractivity contribution is -0.141. The van der Waals surface area contributed by atoms with Crippen molar-refractivity contribution in [2.75, 3.05) is 0 Å². The van der Waals surface area contributed by atoms with Crippen LogP contribution in [0.5, 0.6) is 0 Å². The fraction of sp³-hybridized carbons (Fsp3) is 0.167. The zero-order valence-electron chi connectivity index (χ0n) is 8.43. The zero-order chi connectivity index (χ0) is 11.3. The van der Waals surface area contributed by atoms with E-state index in [1.165, 1.54) is 6.92 Å². The SMILES string of the molecule is C=COC(=O)C(C)(C#N)c1ccccc1. The van der Waals surface area contributed by atoms with E-state index in [0.29, 0.717) is 5.56 Å². The van der Waals surface area contributed by atoms with Gasteiger partial charge in [-0.05, 0) is 12.5 Å². The van der Waals surface area contributed by atoms with Gasteiger partial charge in [0.1, 0.15) is 0 Å². The molecule has 0 saturated heterocycles. The minimum absolute atomic E-state index is 0.611. The van der Waals surface area contributed by atoms with E-state index in [-0.39, 0.29) is 0 Å². The molecule has 0 N–H and O–H groups in total. The van der Waals surface area contributed by atoms with Crippen molar-refractivity contribution in [2.24, 2.45) is 0 Å². The first-order chi connectivity index (χ1) is 7.15. The molecule has 1 aromatic carbocycles. The lowest BCUT2D eigenvalue weighted by Crippen LogP contribution is -2.31. The van der Waals surface area contributed by atoms with E-state index in [9.17, 15) is 4.79 Å². The van der Waals surface area contributed by atoms with Crippen molar-refractivity contribution in [2.45, 2.75) is 12.3 Å². The van der Waals surface area contributed by atoms with Gasteiger partial charge in [0.25, 0.3) is 0 Å². The minimum atomic E-state index is -1.28. The highest BCUT2D eigenvalue weighted by molar-refractivity contribution is 5.86. The second-order valence-corrected chi connectivity index (χ2v) is 3.17. The van der Waals surface area contributed by atoms with Crippen molar-refractivity contribution in [1.29, 1.82) is 5.26 Å². The molecule has 0 saturated carbocycles. The van der Waals surface area contributed by atoms with Crippen molar-refractivity contribution < 1.29 is 9.53 Å². The summed E-state index contributed by atoms with van der Waals surface area (Å²) in [4.78, 5) is 11.6. The van der Waals surface area contributed by atoms with Gasteiger partial charge >= 0.3 is 5.97 Å². The molecule has 0 aliphatic rings. The molecule has 0 heterocycles. The third-order valence-electron chi connectivity index (χ3n) is 2.17. The molecular weight excluding hydrogens is 190 g/mol. The smallest absolute Gasteiger partial charge is 0.335 e. The summed E-state index contributed by atoms with van der Waals surface area (Å²) in [6.45, 7) is 4.81. The van der Waals surface area contributed by atoms with Crippen LogP contribution in [0.4, 0.5) is 0 Å². The van der Waals surface area contributed by atoms with Crippen molar-refractivity contribution >= 4 is 5.97 Å². The normalized spacial score (nSPS) is 13.3. The van der Waals surface area contributed by atoms with Crippen LogP contribution >= 0.6 is 0 Å². The van der Waals surface area contributed by atoms with E-state index in [4.69, 9.17) is 5.26 Å². The van der Waals surface area contributed by atoms with E-state index in [1.54, 1.807) is 24.3 Å². The molecule has 1 unspecified atom stereocenters. The maximum Gasteiger partial charge on any atom is 0.335 e. The van der Waals surface area contributed by atoms with Gasteiger partial charge < -0.3 is 4.74 Å². The van der Waals surface area contributed by atoms with Crippen LogP contribution in [0.3, 0.4) is 0 Å². The number of esters is 1. The van der Waals surface area contributed by atoms with E-state index >= 15 is 0 Å². The molecule has 3 nitrogen and oxygen atoms in total. The molecule has 0 aliphatic carbocycles. The molecule has 0 aliphatic heterocycles. The highest BCUT2D eigenvalue weighted by Gasteiger charge is 2.36. The summed E-state index contributed by atoms with van der Waals surface area (Å²) in [5.74, 6) is -0.619. The Labute approximate surface area is 88.6 Å². The standard InChI is InChI=1S/C12H11NO2/c1-3-15-11(14)12(2,9-13)10-7-5-4-6-8-10/h3-8H,1H2,2H3. The van der Waals surface area contributed by atoms with Crippen LogP contribution in [-0.4, -0.2) is 5.97 Å². The molecule has 0 radical (unpaired) electrons. The molecule has 0 fully saturated rings. The zero-order valence-corrected chi connectivity index (χ0v) is 8.43. The second-order valence-electron chi connectivity index (χ2n) is 3.17.